The molecule has 0 spiro atoms. The van der Waals surface area contributed by atoms with Gasteiger partial charge < -0.3 is 25.0 Å². The summed E-state index contributed by atoms with van der Waals surface area (Å²) in [7, 11) is 3.02. The normalized spacial score (nSPS) is 12.3. The molecule has 30 heavy (non-hydrogen) atoms. The van der Waals surface area contributed by atoms with Gasteiger partial charge in [0, 0.05) is 11.3 Å². The zero-order valence-corrected chi connectivity index (χ0v) is 16.6. The van der Waals surface area contributed by atoms with Gasteiger partial charge in [-0.05, 0) is 30.3 Å². The number of para-hydroxylation sites is 1. The molecule has 0 saturated heterocycles. The van der Waals surface area contributed by atoms with Crippen molar-refractivity contribution < 1.29 is 19.1 Å². The van der Waals surface area contributed by atoms with E-state index in [2.05, 4.69) is 20.8 Å². The van der Waals surface area contributed by atoms with Gasteiger partial charge in [0.2, 0.25) is 0 Å². The average Bonchev–Trinajstić information content (AvgIpc) is 3.36. The van der Waals surface area contributed by atoms with Crippen molar-refractivity contribution in [1.82, 2.24) is 15.1 Å². The van der Waals surface area contributed by atoms with Crippen molar-refractivity contribution >= 4 is 23.4 Å². The average molecular weight is 407 g/mol. The molecule has 0 atom stereocenters. The van der Waals surface area contributed by atoms with E-state index in [1.807, 2.05) is 30.3 Å². The first-order valence-electron chi connectivity index (χ1n) is 9.29. The molecule has 154 valence electrons. The predicted molar refractivity (Wildman–Crippen MR) is 111 cm³/mol. The molecular formula is C21H21N5O4. The first-order valence-corrected chi connectivity index (χ1v) is 9.29. The number of aromatic nitrogens is 2. The number of carbonyl (C=O) groups is 2. The summed E-state index contributed by atoms with van der Waals surface area (Å²) in [6.07, 6.45) is 0. The highest BCUT2D eigenvalue weighted by Crippen LogP contribution is 2.29. The summed E-state index contributed by atoms with van der Waals surface area (Å²) in [6, 6.07) is 14.0. The topological polar surface area (TPSA) is 109 Å². The van der Waals surface area contributed by atoms with Gasteiger partial charge in [0.15, 0.2) is 5.82 Å². The third kappa shape index (κ3) is 3.77. The van der Waals surface area contributed by atoms with Crippen LogP contribution in [0.15, 0.2) is 48.5 Å². The molecule has 0 bridgehead atoms. The molecule has 1 aliphatic rings. The number of amides is 3. The molecule has 0 aliphatic carbocycles. The number of rotatable bonds is 5. The standard InChI is InChI=1S/C21H21N5O4/c1-29-14-8-9-18(30-2)15(10-14)20(27)23-19-16-11-26(12-17(16)24-25-19)21(28)22-13-6-4-3-5-7-13/h3-10H,11-12H2,1-2H3,(H,22,28)(H2,23,24,25,27). The molecule has 3 aromatic rings. The van der Waals surface area contributed by atoms with E-state index in [0.717, 1.165) is 16.9 Å². The molecule has 3 N–H and O–H groups in total. The summed E-state index contributed by atoms with van der Waals surface area (Å²) >= 11 is 0. The van der Waals surface area contributed by atoms with Gasteiger partial charge >= 0.3 is 6.03 Å². The Bertz CT molecular complexity index is 1080. The van der Waals surface area contributed by atoms with E-state index < -0.39 is 0 Å². The zero-order chi connectivity index (χ0) is 21.1. The van der Waals surface area contributed by atoms with Gasteiger partial charge in [-0.15, -0.1) is 0 Å². The fourth-order valence-corrected chi connectivity index (χ4v) is 3.28. The third-order valence-corrected chi connectivity index (χ3v) is 4.85. The summed E-state index contributed by atoms with van der Waals surface area (Å²) in [5.41, 5.74) is 2.60. The van der Waals surface area contributed by atoms with Crippen molar-refractivity contribution in [2.45, 2.75) is 13.1 Å². The number of urea groups is 1. The van der Waals surface area contributed by atoms with Crippen LogP contribution >= 0.6 is 0 Å². The van der Waals surface area contributed by atoms with E-state index in [1.165, 1.54) is 14.2 Å². The Morgan fingerprint density at radius 2 is 1.83 bits per heavy atom. The first-order chi connectivity index (χ1) is 14.6. The number of hydrogen-bond acceptors (Lipinski definition) is 5. The van der Waals surface area contributed by atoms with Crippen LogP contribution in [-0.2, 0) is 13.1 Å². The van der Waals surface area contributed by atoms with Crippen LogP contribution in [0.2, 0.25) is 0 Å². The number of benzene rings is 2. The number of ether oxygens (including phenoxy) is 2. The van der Waals surface area contributed by atoms with Crippen molar-refractivity contribution in [2.75, 3.05) is 24.9 Å². The molecule has 4 rings (SSSR count). The minimum atomic E-state index is -0.382. The lowest BCUT2D eigenvalue weighted by atomic mass is 10.1. The van der Waals surface area contributed by atoms with Crippen molar-refractivity contribution in [3.8, 4) is 11.5 Å². The summed E-state index contributed by atoms with van der Waals surface area (Å²) in [6.45, 7) is 0.703. The Balaban J connectivity index is 1.47. The molecule has 0 unspecified atom stereocenters. The van der Waals surface area contributed by atoms with Crippen LogP contribution in [0.3, 0.4) is 0 Å². The highest BCUT2D eigenvalue weighted by Gasteiger charge is 2.29. The summed E-state index contributed by atoms with van der Waals surface area (Å²) < 4.78 is 10.5. The van der Waals surface area contributed by atoms with E-state index in [1.54, 1.807) is 23.1 Å². The summed E-state index contributed by atoms with van der Waals surface area (Å²) in [4.78, 5) is 27.0. The maximum atomic E-state index is 12.8. The maximum absolute atomic E-state index is 12.8. The molecule has 2 heterocycles. The molecule has 0 radical (unpaired) electrons. The largest absolute Gasteiger partial charge is 0.497 e. The lowest BCUT2D eigenvalue weighted by molar-refractivity contribution is 0.102. The number of H-pyrrole nitrogens is 1. The van der Waals surface area contributed by atoms with E-state index in [4.69, 9.17) is 9.47 Å². The van der Waals surface area contributed by atoms with Crippen LogP contribution < -0.4 is 20.1 Å². The number of nitrogens with one attached hydrogen (secondary N) is 3. The first kappa shape index (κ1) is 19.3. The SMILES string of the molecule is COc1ccc(OC)c(C(=O)Nc2n[nH]c3c2CN(C(=O)Nc2ccccc2)C3)c1. The van der Waals surface area contributed by atoms with E-state index in [-0.39, 0.29) is 11.9 Å². The van der Waals surface area contributed by atoms with Crippen LogP contribution in [0.5, 0.6) is 11.5 Å². The van der Waals surface area contributed by atoms with Gasteiger partial charge in [-0.25, -0.2) is 4.79 Å². The third-order valence-electron chi connectivity index (χ3n) is 4.85. The quantitative estimate of drug-likeness (QED) is 0.602. The number of fused-ring (bicyclic) bond motifs is 1. The number of nitrogens with zero attached hydrogens (tertiary/aromatic N) is 2. The summed E-state index contributed by atoms with van der Waals surface area (Å²) in [5.74, 6) is 0.962. The number of aromatic amines is 1. The van der Waals surface area contributed by atoms with Crippen LogP contribution in [0, 0.1) is 0 Å². The van der Waals surface area contributed by atoms with Crippen LogP contribution in [0.25, 0.3) is 0 Å². The number of methoxy groups -OCH3 is 2. The van der Waals surface area contributed by atoms with Gasteiger partial charge in [0.25, 0.3) is 5.91 Å². The Kier molecular flexibility index (Phi) is 5.25. The number of hydrogen-bond donors (Lipinski definition) is 3. The Morgan fingerprint density at radius 1 is 1.03 bits per heavy atom. The fraction of sp³-hybridized carbons (Fsp3) is 0.190. The molecular weight excluding hydrogens is 386 g/mol. The van der Waals surface area contributed by atoms with Gasteiger partial charge in [0.1, 0.15) is 11.5 Å². The van der Waals surface area contributed by atoms with Crippen LogP contribution in [-0.4, -0.2) is 41.3 Å². The smallest absolute Gasteiger partial charge is 0.322 e. The highest BCUT2D eigenvalue weighted by molar-refractivity contribution is 6.06. The minimum absolute atomic E-state index is 0.224. The van der Waals surface area contributed by atoms with Gasteiger partial charge in [-0.1, -0.05) is 18.2 Å². The lowest BCUT2D eigenvalue weighted by Crippen LogP contribution is -2.30. The van der Waals surface area contributed by atoms with Crippen LogP contribution in [0.1, 0.15) is 21.6 Å². The van der Waals surface area contributed by atoms with E-state index >= 15 is 0 Å². The molecule has 9 nitrogen and oxygen atoms in total. The van der Waals surface area contributed by atoms with Crippen molar-refractivity contribution in [2.24, 2.45) is 0 Å². The number of carbonyl (C=O) groups excluding carboxylic acids is 2. The second kappa shape index (κ2) is 8.16. The van der Waals surface area contributed by atoms with E-state index in [0.29, 0.717) is 36.0 Å². The monoisotopic (exact) mass is 407 g/mol. The lowest BCUT2D eigenvalue weighted by Gasteiger charge is -2.17. The van der Waals surface area contributed by atoms with Crippen molar-refractivity contribution in [3.63, 3.8) is 0 Å². The van der Waals surface area contributed by atoms with Gasteiger partial charge in [0.05, 0.1) is 38.6 Å². The highest BCUT2D eigenvalue weighted by atomic mass is 16.5. The number of anilines is 2. The molecule has 3 amide bonds. The predicted octanol–water partition coefficient (Wildman–Crippen LogP) is 3.23. The van der Waals surface area contributed by atoms with Crippen LogP contribution in [0.4, 0.5) is 16.3 Å². The second-order valence-corrected chi connectivity index (χ2v) is 6.70. The minimum Gasteiger partial charge on any atom is -0.497 e. The molecule has 1 aromatic heterocycles. The second-order valence-electron chi connectivity index (χ2n) is 6.70. The zero-order valence-electron chi connectivity index (χ0n) is 16.6. The fourth-order valence-electron chi connectivity index (χ4n) is 3.28. The molecule has 0 fully saturated rings. The Morgan fingerprint density at radius 3 is 2.57 bits per heavy atom. The molecule has 1 aliphatic heterocycles. The van der Waals surface area contributed by atoms with Gasteiger partial charge in [-0.3, -0.25) is 9.89 Å². The van der Waals surface area contributed by atoms with Crippen molar-refractivity contribution in [1.29, 1.82) is 0 Å². The summed E-state index contributed by atoms with van der Waals surface area (Å²) in [5, 5.41) is 12.7. The molecule has 0 saturated carbocycles. The van der Waals surface area contributed by atoms with Crippen molar-refractivity contribution in [3.05, 3.63) is 65.4 Å². The Labute approximate surface area is 173 Å². The molecule has 2 aromatic carbocycles. The van der Waals surface area contributed by atoms with Gasteiger partial charge in [-0.2, -0.15) is 5.10 Å². The van der Waals surface area contributed by atoms with E-state index in [9.17, 15) is 9.59 Å². The molecule has 9 heteroatoms. The maximum Gasteiger partial charge on any atom is 0.322 e. The Hall–Kier alpha value is -4.01.